The number of guanidine groups is 1. The highest BCUT2D eigenvalue weighted by atomic mass is 35.5. The monoisotopic (exact) mass is 403 g/mol. The standard InChI is InChI=1S/C19H17N5O.2ClH/c1-12(13-6-3-2-4-7-13)22-19-23-16(18(25)24-19)10-14-11-21-17-15(14)8-5-9-20-17;;/h2-12H,1H3,(H,20,21)(H2,22,23,24,25);2*1H/b16-10-;;. The van der Waals surface area contributed by atoms with Crippen LogP contribution in [0, 0.1) is 0 Å². The number of carbonyl (C=O) groups is 1. The molecule has 1 amide bonds. The maximum absolute atomic E-state index is 12.2. The molecule has 0 bridgehead atoms. The molecule has 0 spiro atoms. The lowest BCUT2D eigenvalue weighted by Crippen LogP contribution is -2.37. The summed E-state index contributed by atoms with van der Waals surface area (Å²) in [6.45, 7) is 2.02. The number of hydrogen-bond donors (Lipinski definition) is 3. The number of nitrogens with one attached hydrogen (secondary N) is 3. The number of aromatic amines is 1. The van der Waals surface area contributed by atoms with Gasteiger partial charge in [-0.1, -0.05) is 30.3 Å². The molecule has 0 aliphatic carbocycles. The summed E-state index contributed by atoms with van der Waals surface area (Å²) in [5.41, 5.74) is 3.16. The maximum atomic E-state index is 12.2. The van der Waals surface area contributed by atoms with Crippen molar-refractivity contribution < 1.29 is 4.79 Å². The number of aromatic nitrogens is 2. The van der Waals surface area contributed by atoms with Crippen LogP contribution in [-0.4, -0.2) is 21.8 Å². The van der Waals surface area contributed by atoms with Crippen molar-refractivity contribution in [3.05, 3.63) is 71.7 Å². The van der Waals surface area contributed by atoms with Gasteiger partial charge in [0.05, 0.1) is 6.04 Å². The van der Waals surface area contributed by atoms with E-state index in [0.29, 0.717) is 11.7 Å². The number of aliphatic imine (C=N–C) groups is 1. The SMILES string of the molecule is CC(NC1=N/C(=C\c2c[nH]c3ncccc23)C(=O)N1)c1ccccc1.Cl.Cl. The van der Waals surface area contributed by atoms with Crippen molar-refractivity contribution in [2.75, 3.05) is 0 Å². The lowest BCUT2D eigenvalue weighted by molar-refractivity contribution is -0.115. The van der Waals surface area contributed by atoms with Crippen molar-refractivity contribution >= 4 is 53.8 Å². The van der Waals surface area contributed by atoms with Crippen molar-refractivity contribution in [3.63, 3.8) is 0 Å². The summed E-state index contributed by atoms with van der Waals surface area (Å²) in [6, 6.07) is 13.9. The molecule has 0 radical (unpaired) electrons. The quantitative estimate of drug-likeness (QED) is 0.584. The molecule has 3 aromatic rings. The average molecular weight is 404 g/mol. The number of hydrogen-bond acceptors (Lipinski definition) is 4. The van der Waals surface area contributed by atoms with Crippen LogP contribution in [-0.2, 0) is 4.79 Å². The molecule has 0 fully saturated rings. The van der Waals surface area contributed by atoms with E-state index in [1.54, 1.807) is 12.3 Å². The molecule has 0 saturated heterocycles. The Morgan fingerprint density at radius 1 is 1.11 bits per heavy atom. The summed E-state index contributed by atoms with van der Waals surface area (Å²) < 4.78 is 0. The number of amides is 1. The number of benzene rings is 1. The second kappa shape index (κ2) is 8.70. The number of H-pyrrole nitrogens is 1. The van der Waals surface area contributed by atoms with Crippen molar-refractivity contribution in [2.45, 2.75) is 13.0 Å². The van der Waals surface area contributed by atoms with E-state index in [1.165, 1.54) is 0 Å². The van der Waals surface area contributed by atoms with Gasteiger partial charge >= 0.3 is 0 Å². The first-order valence-corrected chi connectivity index (χ1v) is 8.06. The fraction of sp³-hybridized carbons (Fsp3) is 0.105. The van der Waals surface area contributed by atoms with E-state index in [1.807, 2.05) is 55.6 Å². The van der Waals surface area contributed by atoms with Crippen molar-refractivity contribution in [3.8, 4) is 0 Å². The first-order chi connectivity index (χ1) is 12.2. The smallest absolute Gasteiger partial charge is 0.276 e. The van der Waals surface area contributed by atoms with E-state index < -0.39 is 0 Å². The third-order valence-electron chi connectivity index (χ3n) is 4.12. The fourth-order valence-electron chi connectivity index (χ4n) is 2.81. The first-order valence-electron chi connectivity index (χ1n) is 8.06. The molecule has 0 saturated carbocycles. The molecule has 140 valence electrons. The van der Waals surface area contributed by atoms with Gasteiger partial charge in [-0.3, -0.25) is 10.1 Å². The number of rotatable bonds is 3. The molecule has 1 atom stereocenters. The van der Waals surface area contributed by atoms with E-state index in [0.717, 1.165) is 22.2 Å². The number of pyridine rings is 1. The van der Waals surface area contributed by atoms with Crippen LogP contribution in [0.5, 0.6) is 0 Å². The number of nitrogens with zero attached hydrogens (tertiary/aromatic N) is 2. The van der Waals surface area contributed by atoms with Gasteiger partial charge in [0.2, 0.25) is 5.96 Å². The molecule has 3 heterocycles. The van der Waals surface area contributed by atoms with E-state index in [-0.39, 0.29) is 36.8 Å². The molecule has 8 heteroatoms. The van der Waals surface area contributed by atoms with Crippen molar-refractivity contribution in [1.29, 1.82) is 0 Å². The van der Waals surface area contributed by atoms with Gasteiger partial charge in [-0.15, -0.1) is 24.8 Å². The Kier molecular flexibility index (Phi) is 6.60. The summed E-state index contributed by atoms with van der Waals surface area (Å²) in [4.78, 5) is 23.9. The Labute approximate surface area is 169 Å². The molecule has 1 aliphatic rings. The molecule has 27 heavy (non-hydrogen) atoms. The minimum Gasteiger partial charge on any atom is -0.349 e. The minimum atomic E-state index is -0.221. The highest BCUT2D eigenvalue weighted by Gasteiger charge is 2.21. The Hall–Kier alpha value is -2.83. The summed E-state index contributed by atoms with van der Waals surface area (Å²) >= 11 is 0. The normalized spacial score (nSPS) is 15.5. The Bertz CT molecular complexity index is 998. The van der Waals surface area contributed by atoms with Crippen LogP contribution in [0.25, 0.3) is 17.1 Å². The third kappa shape index (κ3) is 4.30. The number of halogens is 2. The zero-order chi connectivity index (χ0) is 17.2. The van der Waals surface area contributed by atoms with Gasteiger partial charge in [-0.2, -0.15) is 0 Å². The zero-order valence-corrected chi connectivity index (χ0v) is 16.1. The van der Waals surface area contributed by atoms with Crippen LogP contribution in [0.2, 0.25) is 0 Å². The van der Waals surface area contributed by atoms with Gasteiger partial charge in [-0.25, -0.2) is 9.98 Å². The molecule has 6 nitrogen and oxygen atoms in total. The second-order valence-electron chi connectivity index (χ2n) is 5.86. The van der Waals surface area contributed by atoms with Gasteiger partial charge in [-0.05, 0) is 30.7 Å². The van der Waals surface area contributed by atoms with E-state index in [2.05, 4.69) is 25.6 Å². The zero-order valence-electron chi connectivity index (χ0n) is 14.5. The molecular formula is C19H19Cl2N5O. The van der Waals surface area contributed by atoms with Gasteiger partial charge < -0.3 is 10.3 Å². The highest BCUT2D eigenvalue weighted by Crippen LogP contribution is 2.20. The van der Waals surface area contributed by atoms with Crippen LogP contribution >= 0.6 is 24.8 Å². The van der Waals surface area contributed by atoms with Crippen LogP contribution in [0.15, 0.2) is 65.5 Å². The molecule has 1 unspecified atom stereocenters. The molecule has 2 aromatic heterocycles. The van der Waals surface area contributed by atoms with E-state index >= 15 is 0 Å². The van der Waals surface area contributed by atoms with Crippen molar-refractivity contribution in [2.24, 2.45) is 4.99 Å². The Balaban J connectivity index is 0.00000131. The highest BCUT2D eigenvalue weighted by molar-refractivity contribution is 6.14. The fourth-order valence-corrected chi connectivity index (χ4v) is 2.81. The number of carbonyl (C=O) groups excluding carboxylic acids is 1. The lowest BCUT2D eigenvalue weighted by Gasteiger charge is -2.14. The minimum absolute atomic E-state index is 0. The first kappa shape index (κ1) is 20.5. The van der Waals surface area contributed by atoms with Gasteiger partial charge in [0.1, 0.15) is 11.3 Å². The largest absolute Gasteiger partial charge is 0.349 e. The third-order valence-corrected chi connectivity index (χ3v) is 4.12. The second-order valence-corrected chi connectivity index (χ2v) is 5.86. The lowest BCUT2D eigenvalue weighted by atomic mass is 10.1. The van der Waals surface area contributed by atoms with Crippen LogP contribution < -0.4 is 10.6 Å². The summed E-state index contributed by atoms with van der Waals surface area (Å²) in [7, 11) is 0. The van der Waals surface area contributed by atoms with Crippen LogP contribution in [0.4, 0.5) is 0 Å². The van der Waals surface area contributed by atoms with E-state index in [9.17, 15) is 4.79 Å². The Morgan fingerprint density at radius 3 is 2.67 bits per heavy atom. The van der Waals surface area contributed by atoms with Crippen LogP contribution in [0.3, 0.4) is 0 Å². The summed E-state index contributed by atoms with van der Waals surface area (Å²) in [5.74, 6) is 0.242. The molecular weight excluding hydrogens is 385 g/mol. The summed E-state index contributed by atoms with van der Waals surface area (Å²) in [5, 5.41) is 6.96. The average Bonchev–Trinajstić information content (AvgIpc) is 3.20. The summed E-state index contributed by atoms with van der Waals surface area (Å²) in [6.07, 6.45) is 5.31. The van der Waals surface area contributed by atoms with Crippen molar-refractivity contribution in [1.82, 2.24) is 20.6 Å². The van der Waals surface area contributed by atoms with E-state index in [4.69, 9.17) is 0 Å². The maximum Gasteiger partial charge on any atom is 0.276 e. The molecule has 1 aliphatic heterocycles. The number of fused-ring (bicyclic) bond motifs is 1. The van der Waals surface area contributed by atoms with Crippen LogP contribution in [0.1, 0.15) is 24.1 Å². The molecule has 4 rings (SSSR count). The van der Waals surface area contributed by atoms with Gasteiger partial charge in [0.15, 0.2) is 0 Å². The predicted molar refractivity (Wildman–Crippen MR) is 112 cm³/mol. The Morgan fingerprint density at radius 2 is 1.89 bits per heavy atom. The van der Waals surface area contributed by atoms with Gasteiger partial charge in [0, 0.05) is 23.3 Å². The van der Waals surface area contributed by atoms with Gasteiger partial charge in [0.25, 0.3) is 5.91 Å². The topological polar surface area (TPSA) is 82.2 Å². The predicted octanol–water partition coefficient (Wildman–Crippen LogP) is 3.58. The molecule has 3 N–H and O–H groups in total. The molecule has 1 aromatic carbocycles.